The molecule has 0 saturated carbocycles. The Labute approximate surface area is 131 Å². The molecule has 6 heteroatoms. The molecule has 22 heavy (non-hydrogen) atoms. The van der Waals surface area contributed by atoms with Gasteiger partial charge in [0.05, 0.1) is 6.54 Å². The first-order chi connectivity index (χ1) is 10.8. The molecule has 2 aromatic rings. The maximum absolute atomic E-state index is 5.89. The van der Waals surface area contributed by atoms with Crippen LogP contribution in [0.5, 0.6) is 6.01 Å². The molecule has 3 rings (SSSR count). The Morgan fingerprint density at radius 1 is 1.18 bits per heavy atom. The van der Waals surface area contributed by atoms with Gasteiger partial charge in [-0.25, -0.2) is 9.97 Å². The molecule has 1 aliphatic heterocycles. The first-order valence-corrected chi connectivity index (χ1v) is 8.01. The second-order valence-electron chi connectivity index (χ2n) is 5.66. The molecule has 0 aliphatic carbocycles. The highest BCUT2D eigenvalue weighted by Gasteiger charge is 2.21. The average molecular weight is 301 g/mol. The van der Waals surface area contributed by atoms with Crippen LogP contribution in [0, 0.1) is 0 Å². The molecule has 0 amide bonds. The van der Waals surface area contributed by atoms with E-state index in [9.17, 15) is 0 Å². The molecule has 1 aliphatic rings. The molecular formula is C16H23N5O. The predicted molar refractivity (Wildman–Crippen MR) is 83.7 cm³/mol. The van der Waals surface area contributed by atoms with Crippen LogP contribution in [0.4, 0.5) is 0 Å². The van der Waals surface area contributed by atoms with E-state index in [2.05, 4.69) is 26.9 Å². The van der Waals surface area contributed by atoms with Crippen LogP contribution in [0.1, 0.15) is 25.3 Å². The minimum atomic E-state index is 0.230. The van der Waals surface area contributed by atoms with E-state index in [0.717, 1.165) is 51.0 Å². The lowest BCUT2D eigenvalue weighted by Gasteiger charge is -2.31. The highest BCUT2D eigenvalue weighted by molar-refractivity contribution is 5.07. The van der Waals surface area contributed by atoms with E-state index < -0.39 is 0 Å². The van der Waals surface area contributed by atoms with E-state index in [0.29, 0.717) is 6.01 Å². The molecule has 0 radical (unpaired) electrons. The summed E-state index contributed by atoms with van der Waals surface area (Å²) >= 11 is 0. The number of hydrogen-bond donors (Lipinski definition) is 0. The lowest BCUT2D eigenvalue weighted by atomic mass is 10.1. The number of ether oxygens (including phenoxy) is 1. The smallest absolute Gasteiger partial charge is 0.316 e. The Morgan fingerprint density at radius 3 is 2.59 bits per heavy atom. The van der Waals surface area contributed by atoms with Crippen LogP contribution in [-0.2, 0) is 13.0 Å². The molecule has 1 fully saturated rings. The van der Waals surface area contributed by atoms with Crippen LogP contribution in [-0.4, -0.2) is 50.4 Å². The highest BCUT2D eigenvalue weighted by Crippen LogP contribution is 2.15. The van der Waals surface area contributed by atoms with Crippen LogP contribution in [0.2, 0.25) is 0 Å². The fraction of sp³-hybridized carbons (Fsp3) is 0.562. The van der Waals surface area contributed by atoms with Crippen molar-refractivity contribution in [1.29, 1.82) is 0 Å². The van der Waals surface area contributed by atoms with Crippen molar-refractivity contribution in [2.75, 3.05) is 19.6 Å². The third-order valence-electron chi connectivity index (χ3n) is 4.10. The van der Waals surface area contributed by atoms with Crippen molar-refractivity contribution in [2.24, 2.45) is 0 Å². The number of likely N-dealkylation sites (tertiary alicyclic amines) is 1. The Bertz CT molecular complexity index is 546. The molecule has 3 heterocycles. The van der Waals surface area contributed by atoms with E-state index in [1.165, 1.54) is 0 Å². The van der Waals surface area contributed by atoms with Crippen molar-refractivity contribution in [3.8, 4) is 6.01 Å². The summed E-state index contributed by atoms with van der Waals surface area (Å²) in [6.45, 7) is 6.19. The predicted octanol–water partition coefficient (Wildman–Crippen LogP) is 1.78. The fourth-order valence-corrected chi connectivity index (χ4v) is 2.66. The van der Waals surface area contributed by atoms with Crippen molar-refractivity contribution in [2.45, 2.75) is 38.8 Å². The van der Waals surface area contributed by atoms with Gasteiger partial charge in [0.2, 0.25) is 0 Å². The minimum absolute atomic E-state index is 0.230. The number of rotatable bonds is 6. The van der Waals surface area contributed by atoms with E-state index in [1.807, 2.05) is 35.5 Å². The second kappa shape index (κ2) is 7.35. The SMILES string of the molecule is CCc1cnc(OC2CCN(CCn3cccn3)CC2)nc1. The lowest BCUT2D eigenvalue weighted by Crippen LogP contribution is -2.39. The van der Waals surface area contributed by atoms with Gasteiger partial charge in [0.1, 0.15) is 6.10 Å². The molecular weight excluding hydrogens is 278 g/mol. The molecule has 6 nitrogen and oxygen atoms in total. The molecule has 0 spiro atoms. The molecule has 1 saturated heterocycles. The van der Waals surface area contributed by atoms with Gasteiger partial charge in [-0.15, -0.1) is 0 Å². The van der Waals surface area contributed by atoms with Crippen molar-refractivity contribution in [3.63, 3.8) is 0 Å². The third-order valence-corrected chi connectivity index (χ3v) is 4.10. The quantitative estimate of drug-likeness (QED) is 0.814. The first-order valence-electron chi connectivity index (χ1n) is 8.01. The van der Waals surface area contributed by atoms with Gasteiger partial charge in [0.15, 0.2) is 0 Å². The van der Waals surface area contributed by atoms with Gasteiger partial charge in [-0.1, -0.05) is 6.92 Å². The molecule has 0 atom stereocenters. The summed E-state index contributed by atoms with van der Waals surface area (Å²) in [5, 5.41) is 4.23. The fourth-order valence-electron chi connectivity index (χ4n) is 2.66. The number of aromatic nitrogens is 4. The van der Waals surface area contributed by atoms with Crippen LogP contribution < -0.4 is 4.74 Å². The molecule has 0 unspecified atom stereocenters. The molecule has 0 bridgehead atoms. The van der Waals surface area contributed by atoms with E-state index >= 15 is 0 Å². The molecule has 118 valence electrons. The summed E-state index contributed by atoms with van der Waals surface area (Å²) in [4.78, 5) is 11.0. The average Bonchev–Trinajstić information content (AvgIpc) is 3.08. The molecule has 0 aromatic carbocycles. The Hall–Kier alpha value is -1.95. The van der Waals surface area contributed by atoms with Crippen molar-refractivity contribution in [1.82, 2.24) is 24.6 Å². The summed E-state index contributed by atoms with van der Waals surface area (Å²) < 4.78 is 7.86. The minimum Gasteiger partial charge on any atom is -0.460 e. The number of nitrogens with zero attached hydrogens (tertiary/aromatic N) is 5. The zero-order chi connectivity index (χ0) is 15.2. The largest absolute Gasteiger partial charge is 0.460 e. The van der Waals surface area contributed by atoms with Gasteiger partial charge in [-0.2, -0.15) is 5.10 Å². The van der Waals surface area contributed by atoms with Crippen LogP contribution >= 0.6 is 0 Å². The highest BCUT2D eigenvalue weighted by atomic mass is 16.5. The summed E-state index contributed by atoms with van der Waals surface area (Å²) in [5.74, 6) is 0. The maximum atomic E-state index is 5.89. The van der Waals surface area contributed by atoms with E-state index in [-0.39, 0.29) is 6.10 Å². The lowest BCUT2D eigenvalue weighted by molar-refractivity contribution is 0.0904. The van der Waals surface area contributed by atoms with Gasteiger partial charge >= 0.3 is 6.01 Å². The zero-order valence-electron chi connectivity index (χ0n) is 13.1. The Morgan fingerprint density at radius 2 is 1.95 bits per heavy atom. The van der Waals surface area contributed by atoms with Crippen molar-refractivity contribution >= 4 is 0 Å². The normalized spacial score (nSPS) is 16.8. The van der Waals surface area contributed by atoms with E-state index in [4.69, 9.17) is 4.74 Å². The number of aryl methyl sites for hydroxylation is 1. The summed E-state index contributed by atoms with van der Waals surface area (Å²) in [6, 6.07) is 2.47. The number of hydrogen-bond acceptors (Lipinski definition) is 5. The van der Waals surface area contributed by atoms with E-state index in [1.54, 1.807) is 0 Å². The van der Waals surface area contributed by atoms with Crippen molar-refractivity contribution in [3.05, 3.63) is 36.4 Å². The summed E-state index contributed by atoms with van der Waals surface area (Å²) in [5.41, 5.74) is 1.14. The van der Waals surface area contributed by atoms with Gasteiger partial charge < -0.3 is 9.64 Å². The first kappa shape index (κ1) is 15.0. The van der Waals surface area contributed by atoms with Gasteiger partial charge in [0, 0.05) is 44.4 Å². The van der Waals surface area contributed by atoms with Gasteiger partial charge in [-0.3, -0.25) is 4.68 Å². The number of piperidine rings is 1. The third kappa shape index (κ3) is 4.04. The summed E-state index contributed by atoms with van der Waals surface area (Å²) in [6.07, 6.45) is 10.8. The van der Waals surface area contributed by atoms with Crippen LogP contribution in [0.3, 0.4) is 0 Å². The van der Waals surface area contributed by atoms with Gasteiger partial charge in [0.25, 0.3) is 0 Å². The monoisotopic (exact) mass is 301 g/mol. The van der Waals surface area contributed by atoms with Crippen molar-refractivity contribution < 1.29 is 4.74 Å². The second-order valence-corrected chi connectivity index (χ2v) is 5.66. The van der Waals surface area contributed by atoms with Crippen LogP contribution in [0.15, 0.2) is 30.9 Å². The van der Waals surface area contributed by atoms with Crippen LogP contribution in [0.25, 0.3) is 0 Å². The molecule has 2 aromatic heterocycles. The topological polar surface area (TPSA) is 56.1 Å². The van der Waals surface area contributed by atoms with Gasteiger partial charge in [-0.05, 0) is 30.9 Å². The Kier molecular flexibility index (Phi) is 5.00. The maximum Gasteiger partial charge on any atom is 0.316 e. The Balaban J connectivity index is 1.41. The standard InChI is InChI=1S/C16H23N5O/c1-2-14-12-17-16(18-13-14)22-15-4-8-20(9-5-15)10-11-21-7-3-6-19-21/h3,6-7,12-13,15H,2,4-5,8-11H2,1H3. The summed E-state index contributed by atoms with van der Waals surface area (Å²) in [7, 11) is 0. The zero-order valence-corrected chi connectivity index (χ0v) is 13.1. The molecule has 0 N–H and O–H groups in total.